The van der Waals surface area contributed by atoms with Gasteiger partial charge in [0, 0.05) is 0 Å². The average Bonchev–Trinajstić information content (AvgIpc) is 2.72. The summed E-state index contributed by atoms with van der Waals surface area (Å²) in [6.07, 6.45) is 2.26. The van der Waals surface area contributed by atoms with Gasteiger partial charge in [0.05, 0.1) is 23.3 Å². The van der Waals surface area contributed by atoms with Crippen molar-refractivity contribution in [1.82, 2.24) is 0 Å². The van der Waals surface area contributed by atoms with Gasteiger partial charge in [-0.25, -0.2) is 9.59 Å². The molecule has 5 heteroatoms. The zero-order valence-electron chi connectivity index (χ0n) is 14.5. The van der Waals surface area contributed by atoms with Crippen LogP contribution in [-0.4, -0.2) is 37.4 Å². The van der Waals surface area contributed by atoms with E-state index in [4.69, 9.17) is 14.2 Å². The summed E-state index contributed by atoms with van der Waals surface area (Å²) in [4.78, 5) is 24.0. The van der Waals surface area contributed by atoms with Crippen LogP contribution >= 0.6 is 0 Å². The molecule has 2 aromatic carbocycles. The molecular formula is C21H22O5. The van der Waals surface area contributed by atoms with Gasteiger partial charge in [-0.1, -0.05) is 36.4 Å². The number of esters is 2. The Morgan fingerprint density at radius 1 is 0.769 bits per heavy atom. The molecule has 1 heterocycles. The zero-order chi connectivity index (χ0) is 18.2. The summed E-state index contributed by atoms with van der Waals surface area (Å²) in [6.45, 7) is 0.410. The molecule has 1 saturated heterocycles. The van der Waals surface area contributed by atoms with Gasteiger partial charge in [-0.05, 0) is 43.5 Å². The van der Waals surface area contributed by atoms with Crippen molar-refractivity contribution in [3.8, 4) is 0 Å². The number of hydrogen-bond donors (Lipinski definition) is 0. The van der Waals surface area contributed by atoms with E-state index < -0.39 is 0 Å². The molecule has 0 saturated carbocycles. The molecule has 1 fully saturated rings. The van der Waals surface area contributed by atoms with E-state index in [1.807, 2.05) is 12.1 Å². The van der Waals surface area contributed by atoms with Crippen molar-refractivity contribution in [2.24, 2.45) is 0 Å². The predicted molar refractivity (Wildman–Crippen MR) is 96.0 cm³/mol. The summed E-state index contributed by atoms with van der Waals surface area (Å²) in [5, 5.41) is 0. The highest BCUT2D eigenvalue weighted by Gasteiger charge is 2.25. The lowest BCUT2D eigenvalue weighted by Gasteiger charge is -2.29. The van der Waals surface area contributed by atoms with Gasteiger partial charge in [0.15, 0.2) is 0 Å². The van der Waals surface area contributed by atoms with E-state index in [-0.39, 0.29) is 37.4 Å². The van der Waals surface area contributed by atoms with Crippen LogP contribution in [0.25, 0.3) is 0 Å². The van der Waals surface area contributed by atoms with Crippen molar-refractivity contribution in [2.75, 3.05) is 13.2 Å². The predicted octanol–water partition coefficient (Wildman–Crippen LogP) is 3.64. The number of rotatable bonds is 6. The first-order valence-corrected chi connectivity index (χ1v) is 8.82. The van der Waals surface area contributed by atoms with Crippen LogP contribution in [0.3, 0.4) is 0 Å². The first-order valence-electron chi connectivity index (χ1n) is 8.82. The Morgan fingerprint density at radius 2 is 1.19 bits per heavy atom. The molecule has 1 aliphatic rings. The average molecular weight is 354 g/mol. The summed E-state index contributed by atoms with van der Waals surface area (Å²) < 4.78 is 16.6. The summed E-state index contributed by atoms with van der Waals surface area (Å²) in [5.41, 5.74) is 1.05. The van der Waals surface area contributed by atoms with E-state index in [2.05, 4.69) is 0 Å². The van der Waals surface area contributed by atoms with E-state index in [0.717, 1.165) is 19.3 Å². The highest BCUT2D eigenvalue weighted by Crippen LogP contribution is 2.20. The first kappa shape index (κ1) is 18.1. The molecule has 0 unspecified atom stereocenters. The Kier molecular flexibility index (Phi) is 6.39. The second-order valence-corrected chi connectivity index (χ2v) is 6.24. The van der Waals surface area contributed by atoms with Gasteiger partial charge in [0.25, 0.3) is 0 Å². The third-order valence-electron chi connectivity index (χ3n) is 4.26. The monoisotopic (exact) mass is 354 g/mol. The molecule has 0 N–H and O–H groups in total. The van der Waals surface area contributed by atoms with Gasteiger partial charge in [0.1, 0.15) is 13.2 Å². The molecule has 0 aromatic heterocycles. The lowest BCUT2D eigenvalue weighted by atomic mass is 10.0. The number of carbonyl (C=O) groups excluding carboxylic acids is 2. The van der Waals surface area contributed by atoms with Crippen molar-refractivity contribution in [3.05, 3.63) is 71.8 Å². The Bertz CT molecular complexity index is 652. The molecule has 0 amide bonds. The van der Waals surface area contributed by atoms with E-state index >= 15 is 0 Å². The van der Waals surface area contributed by atoms with Gasteiger partial charge < -0.3 is 14.2 Å². The lowest BCUT2D eigenvalue weighted by Crippen LogP contribution is -2.35. The summed E-state index contributed by atoms with van der Waals surface area (Å²) in [7, 11) is 0. The molecule has 2 aromatic rings. The van der Waals surface area contributed by atoms with Crippen LogP contribution in [0, 0.1) is 0 Å². The summed E-state index contributed by atoms with van der Waals surface area (Å²) >= 11 is 0. The number of benzene rings is 2. The van der Waals surface area contributed by atoms with Gasteiger partial charge in [-0.3, -0.25) is 0 Å². The minimum atomic E-state index is -0.355. The Morgan fingerprint density at radius 3 is 1.62 bits per heavy atom. The van der Waals surface area contributed by atoms with Crippen molar-refractivity contribution < 1.29 is 23.8 Å². The minimum Gasteiger partial charge on any atom is -0.459 e. The van der Waals surface area contributed by atoms with Crippen LogP contribution in [-0.2, 0) is 14.2 Å². The molecule has 26 heavy (non-hydrogen) atoms. The van der Waals surface area contributed by atoms with Crippen LogP contribution in [0.2, 0.25) is 0 Å². The fourth-order valence-corrected chi connectivity index (χ4v) is 2.88. The summed E-state index contributed by atoms with van der Waals surface area (Å²) in [6, 6.07) is 17.8. The molecule has 3 rings (SSSR count). The molecule has 0 bridgehead atoms. The standard InChI is InChI=1S/C21H22O5/c22-20(16-8-3-1-4-9-16)24-14-18-12-7-13-19(26-18)15-25-21(23)17-10-5-2-6-11-17/h1-6,8-11,18-19H,7,12-15H2/t18-,19-/m0/s1. The second kappa shape index (κ2) is 9.15. The summed E-state index contributed by atoms with van der Waals surface area (Å²) in [5.74, 6) is -0.710. The SMILES string of the molecule is O=C(OC[C@@H]1CCC[C@@H](COC(=O)c2ccccc2)O1)c1ccccc1. The largest absolute Gasteiger partial charge is 0.459 e. The van der Waals surface area contributed by atoms with Gasteiger partial charge >= 0.3 is 11.9 Å². The Hall–Kier alpha value is -2.66. The fourth-order valence-electron chi connectivity index (χ4n) is 2.88. The van der Waals surface area contributed by atoms with Crippen LogP contribution in [0.5, 0.6) is 0 Å². The third kappa shape index (κ3) is 5.17. The third-order valence-corrected chi connectivity index (χ3v) is 4.26. The maximum atomic E-state index is 12.0. The minimum absolute atomic E-state index is 0.170. The van der Waals surface area contributed by atoms with Crippen LogP contribution in [0.15, 0.2) is 60.7 Å². The first-order chi connectivity index (χ1) is 12.7. The van der Waals surface area contributed by atoms with Gasteiger partial charge in [-0.15, -0.1) is 0 Å². The van der Waals surface area contributed by atoms with E-state index in [1.165, 1.54) is 0 Å². The molecule has 0 aliphatic carbocycles. The van der Waals surface area contributed by atoms with Gasteiger partial charge in [-0.2, -0.15) is 0 Å². The second-order valence-electron chi connectivity index (χ2n) is 6.24. The molecule has 136 valence electrons. The van der Waals surface area contributed by atoms with Crippen LogP contribution in [0.4, 0.5) is 0 Å². The van der Waals surface area contributed by atoms with Gasteiger partial charge in [0.2, 0.25) is 0 Å². The van der Waals surface area contributed by atoms with Crippen molar-refractivity contribution in [2.45, 2.75) is 31.5 Å². The van der Waals surface area contributed by atoms with Crippen molar-refractivity contribution in [1.29, 1.82) is 0 Å². The highest BCUT2D eigenvalue weighted by molar-refractivity contribution is 5.89. The lowest BCUT2D eigenvalue weighted by molar-refractivity contribution is -0.0955. The smallest absolute Gasteiger partial charge is 0.338 e. The normalized spacial score (nSPS) is 19.5. The number of carbonyl (C=O) groups is 2. The molecule has 2 atom stereocenters. The van der Waals surface area contributed by atoms with Crippen LogP contribution in [0.1, 0.15) is 40.0 Å². The number of hydrogen-bond acceptors (Lipinski definition) is 5. The quantitative estimate of drug-likeness (QED) is 0.741. The van der Waals surface area contributed by atoms with Crippen molar-refractivity contribution >= 4 is 11.9 Å². The Labute approximate surface area is 152 Å². The van der Waals surface area contributed by atoms with E-state index in [1.54, 1.807) is 48.5 Å². The molecule has 1 aliphatic heterocycles. The highest BCUT2D eigenvalue weighted by atomic mass is 16.6. The fraction of sp³-hybridized carbons (Fsp3) is 0.333. The van der Waals surface area contributed by atoms with Crippen LogP contribution < -0.4 is 0 Å². The maximum Gasteiger partial charge on any atom is 0.338 e. The zero-order valence-corrected chi connectivity index (χ0v) is 14.5. The van der Waals surface area contributed by atoms with Crippen molar-refractivity contribution in [3.63, 3.8) is 0 Å². The molecule has 5 nitrogen and oxygen atoms in total. The van der Waals surface area contributed by atoms with E-state index in [9.17, 15) is 9.59 Å². The molecule has 0 spiro atoms. The van der Waals surface area contributed by atoms with E-state index in [0.29, 0.717) is 11.1 Å². The molecular weight excluding hydrogens is 332 g/mol. The molecule has 0 radical (unpaired) electrons. The topological polar surface area (TPSA) is 61.8 Å². The number of ether oxygens (including phenoxy) is 3. The Balaban J connectivity index is 1.42. The maximum absolute atomic E-state index is 12.0.